The Morgan fingerprint density at radius 3 is 2.24 bits per heavy atom. The van der Waals surface area contributed by atoms with Crippen LogP contribution in [-0.4, -0.2) is 11.7 Å². The minimum Gasteiger partial charge on any atom is -0.347 e. The molecule has 0 bridgehead atoms. The third-order valence-electron chi connectivity index (χ3n) is 3.83. The number of benzene rings is 2. The van der Waals surface area contributed by atoms with E-state index in [0.717, 1.165) is 16.0 Å². The number of rotatable bonds is 5. The van der Waals surface area contributed by atoms with Gasteiger partial charge in [0, 0.05) is 16.0 Å². The molecule has 0 spiro atoms. The first-order chi connectivity index (χ1) is 12.0. The Morgan fingerprint density at radius 1 is 0.880 bits per heavy atom. The van der Waals surface area contributed by atoms with E-state index in [-0.39, 0.29) is 11.7 Å². The molecule has 0 aliphatic carbocycles. The first-order valence-corrected chi connectivity index (χ1v) is 8.89. The predicted molar refractivity (Wildman–Crippen MR) is 101 cm³/mol. The van der Waals surface area contributed by atoms with Crippen molar-refractivity contribution in [2.45, 2.75) is 20.4 Å². The molecular formula is C21H19NO2S. The largest absolute Gasteiger partial charge is 0.347 e. The number of thiophene rings is 1. The van der Waals surface area contributed by atoms with Crippen LogP contribution in [0, 0.1) is 13.8 Å². The molecule has 3 nitrogen and oxygen atoms in total. The van der Waals surface area contributed by atoms with Gasteiger partial charge in [0.25, 0.3) is 5.91 Å². The first-order valence-electron chi connectivity index (χ1n) is 8.08. The van der Waals surface area contributed by atoms with Crippen molar-refractivity contribution in [1.29, 1.82) is 0 Å². The van der Waals surface area contributed by atoms with Gasteiger partial charge in [-0.2, -0.15) is 0 Å². The molecule has 4 heteroatoms. The van der Waals surface area contributed by atoms with Crippen LogP contribution in [-0.2, 0) is 6.54 Å². The lowest BCUT2D eigenvalue weighted by Gasteiger charge is -2.06. The summed E-state index contributed by atoms with van der Waals surface area (Å²) in [5.74, 6) is -0.0892. The van der Waals surface area contributed by atoms with Crippen molar-refractivity contribution in [2.75, 3.05) is 0 Å². The smallest absolute Gasteiger partial charge is 0.251 e. The van der Waals surface area contributed by atoms with E-state index in [1.165, 1.54) is 11.3 Å². The van der Waals surface area contributed by atoms with Crippen molar-refractivity contribution < 1.29 is 9.59 Å². The van der Waals surface area contributed by atoms with Gasteiger partial charge in [-0.05, 0) is 38.1 Å². The molecule has 0 aliphatic rings. The van der Waals surface area contributed by atoms with Gasteiger partial charge >= 0.3 is 0 Å². The fraction of sp³-hybridized carbons (Fsp3) is 0.143. The highest BCUT2D eigenvalue weighted by molar-refractivity contribution is 7.14. The lowest BCUT2D eigenvalue weighted by molar-refractivity contribution is 0.0950. The van der Waals surface area contributed by atoms with Gasteiger partial charge in [0.2, 0.25) is 5.78 Å². The van der Waals surface area contributed by atoms with Crippen LogP contribution in [0.4, 0.5) is 0 Å². The molecule has 0 atom stereocenters. The Labute approximate surface area is 151 Å². The zero-order valence-corrected chi connectivity index (χ0v) is 15.0. The van der Waals surface area contributed by atoms with Gasteiger partial charge < -0.3 is 5.32 Å². The van der Waals surface area contributed by atoms with Gasteiger partial charge in [-0.25, -0.2) is 0 Å². The summed E-state index contributed by atoms with van der Waals surface area (Å²) in [6.07, 6.45) is 0. The van der Waals surface area contributed by atoms with Crippen LogP contribution in [0.2, 0.25) is 0 Å². The molecule has 126 valence electrons. The summed E-state index contributed by atoms with van der Waals surface area (Å²) in [6, 6.07) is 18.7. The van der Waals surface area contributed by atoms with Gasteiger partial charge in [0.1, 0.15) is 0 Å². The van der Waals surface area contributed by atoms with Crippen LogP contribution in [0.25, 0.3) is 0 Å². The molecule has 1 amide bonds. The Morgan fingerprint density at radius 2 is 1.56 bits per heavy atom. The second-order valence-corrected chi connectivity index (χ2v) is 7.19. The van der Waals surface area contributed by atoms with Gasteiger partial charge in [0.15, 0.2) is 0 Å². The van der Waals surface area contributed by atoms with Crippen LogP contribution in [0.5, 0.6) is 0 Å². The third-order valence-corrected chi connectivity index (χ3v) is 4.91. The molecule has 3 rings (SSSR count). The monoisotopic (exact) mass is 349 g/mol. The summed E-state index contributed by atoms with van der Waals surface area (Å²) in [5, 5.41) is 2.92. The fourth-order valence-corrected chi connectivity index (χ4v) is 3.61. The maximum Gasteiger partial charge on any atom is 0.251 e. The first kappa shape index (κ1) is 17.1. The molecule has 25 heavy (non-hydrogen) atoms. The van der Waals surface area contributed by atoms with E-state index >= 15 is 0 Å². The second-order valence-electron chi connectivity index (χ2n) is 6.02. The average Bonchev–Trinajstić information content (AvgIpc) is 3.08. The zero-order chi connectivity index (χ0) is 17.8. The molecular weight excluding hydrogens is 330 g/mol. The van der Waals surface area contributed by atoms with Gasteiger partial charge in [0.05, 0.1) is 11.4 Å². The highest BCUT2D eigenvalue weighted by atomic mass is 32.1. The third kappa shape index (κ3) is 4.22. The van der Waals surface area contributed by atoms with E-state index in [1.807, 2.05) is 74.5 Å². The maximum atomic E-state index is 12.4. The number of carbonyl (C=O) groups is 2. The minimum atomic E-state index is -0.101. The number of amides is 1. The van der Waals surface area contributed by atoms with E-state index in [2.05, 4.69) is 5.32 Å². The maximum absolute atomic E-state index is 12.4. The molecule has 0 saturated heterocycles. The summed E-state index contributed by atoms with van der Waals surface area (Å²) < 4.78 is 0. The van der Waals surface area contributed by atoms with Crippen molar-refractivity contribution in [1.82, 2.24) is 5.32 Å². The Kier molecular flexibility index (Phi) is 5.10. The van der Waals surface area contributed by atoms with E-state index in [0.29, 0.717) is 22.5 Å². The standard InChI is InChI=1S/C21H19NO2S/c1-14-10-15(2)12-17(11-14)21(24)22-13-18-8-9-19(25-18)20(23)16-6-4-3-5-7-16/h3-12H,13H2,1-2H3,(H,22,24). The highest BCUT2D eigenvalue weighted by Gasteiger charge is 2.12. The number of ketones is 1. The quantitative estimate of drug-likeness (QED) is 0.688. The molecule has 1 heterocycles. The minimum absolute atomic E-state index is 0.0116. The van der Waals surface area contributed by atoms with Gasteiger partial charge in [-0.1, -0.05) is 47.5 Å². The Balaban J connectivity index is 1.66. The van der Waals surface area contributed by atoms with Crippen LogP contribution in [0.1, 0.15) is 41.6 Å². The molecule has 1 N–H and O–H groups in total. The van der Waals surface area contributed by atoms with Crippen LogP contribution in [0.3, 0.4) is 0 Å². The van der Waals surface area contributed by atoms with Gasteiger partial charge in [-0.15, -0.1) is 11.3 Å². The molecule has 0 fully saturated rings. The summed E-state index contributed by atoms with van der Waals surface area (Å²) in [7, 11) is 0. The number of hydrogen-bond acceptors (Lipinski definition) is 3. The van der Waals surface area contributed by atoms with E-state index in [1.54, 1.807) is 0 Å². The normalized spacial score (nSPS) is 10.5. The SMILES string of the molecule is Cc1cc(C)cc(C(=O)NCc2ccc(C(=O)c3ccccc3)s2)c1. The molecule has 2 aromatic carbocycles. The topological polar surface area (TPSA) is 46.2 Å². The van der Waals surface area contributed by atoms with Crippen LogP contribution < -0.4 is 5.32 Å². The van der Waals surface area contributed by atoms with E-state index in [9.17, 15) is 9.59 Å². The Bertz CT molecular complexity index is 892. The van der Waals surface area contributed by atoms with Crippen LogP contribution >= 0.6 is 11.3 Å². The number of nitrogens with one attached hydrogen (secondary N) is 1. The number of aryl methyl sites for hydroxylation is 2. The van der Waals surface area contributed by atoms with Crippen molar-refractivity contribution >= 4 is 23.0 Å². The van der Waals surface area contributed by atoms with Crippen molar-refractivity contribution in [3.8, 4) is 0 Å². The van der Waals surface area contributed by atoms with Crippen LogP contribution in [0.15, 0.2) is 60.7 Å². The number of carbonyl (C=O) groups excluding carboxylic acids is 2. The van der Waals surface area contributed by atoms with E-state index < -0.39 is 0 Å². The van der Waals surface area contributed by atoms with Crippen molar-refractivity contribution in [3.63, 3.8) is 0 Å². The highest BCUT2D eigenvalue weighted by Crippen LogP contribution is 2.20. The predicted octanol–water partition coefficient (Wildman–Crippen LogP) is 4.53. The second kappa shape index (κ2) is 7.45. The van der Waals surface area contributed by atoms with E-state index in [4.69, 9.17) is 0 Å². The molecule has 1 aromatic heterocycles. The summed E-state index contributed by atoms with van der Waals surface area (Å²) in [6.45, 7) is 4.37. The summed E-state index contributed by atoms with van der Waals surface area (Å²) in [5.41, 5.74) is 3.47. The summed E-state index contributed by atoms with van der Waals surface area (Å²) in [4.78, 5) is 26.4. The lowest BCUT2D eigenvalue weighted by Crippen LogP contribution is -2.22. The molecule has 3 aromatic rings. The Hall–Kier alpha value is -2.72. The summed E-state index contributed by atoms with van der Waals surface area (Å²) >= 11 is 1.42. The van der Waals surface area contributed by atoms with Crippen molar-refractivity contribution in [2.24, 2.45) is 0 Å². The molecule has 0 radical (unpaired) electrons. The molecule has 0 unspecified atom stereocenters. The van der Waals surface area contributed by atoms with Gasteiger partial charge in [-0.3, -0.25) is 9.59 Å². The molecule has 0 saturated carbocycles. The zero-order valence-electron chi connectivity index (χ0n) is 14.2. The lowest BCUT2D eigenvalue weighted by atomic mass is 10.1. The number of hydrogen-bond donors (Lipinski definition) is 1. The average molecular weight is 349 g/mol. The molecule has 0 aliphatic heterocycles. The van der Waals surface area contributed by atoms with Crippen molar-refractivity contribution in [3.05, 3.63) is 92.7 Å². The fourth-order valence-electron chi connectivity index (χ4n) is 2.70.